The fourth-order valence-corrected chi connectivity index (χ4v) is 3.14. The summed E-state index contributed by atoms with van der Waals surface area (Å²) in [6.07, 6.45) is 1.41. The van der Waals surface area contributed by atoms with Crippen LogP contribution in [0.15, 0.2) is 48.5 Å². The van der Waals surface area contributed by atoms with Crippen molar-refractivity contribution in [3.63, 3.8) is 0 Å². The fraction of sp³-hybridized carbons (Fsp3) is 0.263. The Labute approximate surface area is 146 Å². The number of para-hydroxylation sites is 1. The summed E-state index contributed by atoms with van der Waals surface area (Å²) in [7, 11) is 0. The third-order valence-corrected chi connectivity index (χ3v) is 4.36. The molecule has 0 saturated carbocycles. The highest BCUT2D eigenvalue weighted by molar-refractivity contribution is 6.30. The number of fused-ring (bicyclic) bond motifs is 1. The molecule has 2 aromatic rings. The average molecular weight is 343 g/mol. The van der Waals surface area contributed by atoms with E-state index in [4.69, 9.17) is 11.6 Å². The summed E-state index contributed by atoms with van der Waals surface area (Å²) in [6.45, 7) is 1.14. The Bertz CT molecular complexity index is 761. The lowest BCUT2D eigenvalue weighted by Crippen LogP contribution is -2.35. The van der Waals surface area contributed by atoms with Crippen molar-refractivity contribution in [2.24, 2.45) is 0 Å². The number of carbonyl (C=O) groups is 2. The summed E-state index contributed by atoms with van der Waals surface area (Å²) in [5.41, 5.74) is 3.14. The van der Waals surface area contributed by atoms with Crippen molar-refractivity contribution in [1.29, 1.82) is 0 Å². The minimum Gasteiger partial charge on any atom is -0.355 e. The summed E-state index contributed by atoms with van der Waals surface area (Å²) in [5, 5.41) is 3.48. The van der Waals surface area contributed by atoms with Gasteiger partial charge >= 0.3 is 0 Å². The van der Waals surface area contributed by atoms with Crippen molar-refractivity contribution in [1.82, 2.24) is 5.32 Å². The fourth-order valence-electron chi connectivity index (χ4n) is 2.93. The van der Waals surface area contributed by atoms with Crippen LogP contribution in [0.5, 0.6) is 0 Å². The van der Waals surface area contributed by atoms with Gasteiger partial charge in [0.05, 0.1) is 0 Å². The maximum atomic E-state index is 12.3. The molecule has 2 aromatic carbocycles. The van der Waals surface area contributed by atoms with E-state index in [1.165, 1.54) is 0 Å². The molecule has 0 aliphatic carbocycles. The first-order valence-corrected chi connectivity index (χ1v) is 8.41. The van der Waals surface area contributed by atoms with Crippen LogP contribution in [-0.2, 0) is 22.4 Å². The molecule has 0 unspecified atom stereocenters. The molecule has 1 aliphatic heterocycles. The quantitative estimate of drug-likeness (QED) is 0.849. The Morgan fingerprint density at radius 2 is 1.96 bits per heavy atom. The first kappa shape index (κ1) is 16.5. The lowest BCUT2D eigenvalue weighted by molar-refractivity contribution is -0.127. The van der Waals surface area contributed by atoms with Gasteiger partial charge in [0.15, 0.2) is 0 Å². The van der Waals surface area contributed by atoms with E-state index in [1.807, 2.05) is 48.5 Å². The number of nitrogens with zero attached hydrogens (tertiary/aromatic N) is 1. The molecule has 124 valence electrons. The summed E-state index contributed by atoms with van der Waals surface area (Å²) in [6, 6.07) is 15.4. The zero-order valence-electron chi connectivity index (χ0n) is 13.3. The lowest BCUT2D eigenvalue weighted by Gasteiger charge is -2.17. The Hall–Kier alpha value is -2.33. The normalized spacial score (nSPS) is 12.8. The van der Waals surface area contributed by atoms with Gasteiger partial charge in [-0.2, -0.15) is 0 Å². The van der Waals surface area contributed by atoms with Gasteiger partial charge in [-0.25, -0.2) is 0 Å². The van der Waals surface area contributed by atoms with E-state index in [0.717, 1.165) is 23.2 Å². The Morgan fingerprint density at radius 3 is 2.79 bits per heavy atom. The maximum absolute atomic E-state index is 12.3. The van der Waals surface area contributed by atoms with Gasteiger partial charge in [0.1, 0.15) is 6.42 Å². The zero-order chi connectivity index (χ0) is 16.9. The molecular weight excluding hydrogens is 324 g/mol. The average Bonchev–Trinajstić information content (AvgIpc) is 2.99. The molecule has 0 radical (unpaired) electrons. The number of benzene rings is 2. The van der Waals surface area contributed by atoms with Crippen molar-refractivity contribution in [3.05, 3.63) is 64.7 Å². The van der Waals surface area contributed by atoms with E-state index in [2.05, 4.69) is 5.32 Å². The molecule has 3 rings (SSSR count). The van der Waals surface area contributed by atoms with E-state index in [1.54, 1.807) is 4.90 Å². The minimum atomic E-state index is -0.244. The molecule has 1 heterocycles. The lowest BCUT2D eigenvalue weighted by atomic mass is 10.1. The monoisotopic (exact) mass is 342 g/mol. The summed E-state index contributed by atoms with van der Waals surface area (Å²) < 4.78 is 0. The second kappa shape index (κ2) is 7.49. The number of hydrogen-bond donors (Lipinski definition) is 1. The van der Waals surface area contributed by atoms with E-state index in [0.29, 0.717) is 24.5 Å². The van der Waals surface area contributed by atoms with Gasteiger partial charge < -0.3 is 10.2 Å². The van der Waals surface area contributed by atoms with Crippen LogP contribution in [0, 0.1) is 0 Å². The standard InChI is InChI=1S/C19H19ClN2O2/c20-16-6-3-4-14(12-16)8-10-21-18(23)13-19(24)22-11-9-15-5-1-2-7-17(15)22/h1-7,12H,8-11,13H2,(H,21,23). The highest BCUT2D eigenvalue weighted by Crippen LogP contribution is 2.27. The van der Waals surface area contributed by atoms with Crippen LogP contribution in [0.25, 0.3) is 0 Å². The first-order chi connectivity index (χ1) is 11.6. The second-order valence-electron chi connectivity index (χ2n) is 5.83. The first-order valence-electron chi connectivity index (χ1n) is 8.03. The number of rotatable bonds is 5. The number of carbonyl (C=O) groups excluding carboxylic acids is 2. The Balaban J connectivity index is 1.48. The number of anilines is 1. The smallest absolute Gasteiger partial charge is 0.236 e. The third-order valence-electron chi connectivity index (χ3n) is 4.12. The zero-order valence-corrected chi connectivity index (χ0v) is 14.1. The van der Waals surface area contributed by atoms with Crippen LogP contribution < -0.4 is 10.2 Å². The molecule has 1 aliphatic rings. The molecule has 2 amide bonds. The molecule has 0 saturated heterocycles. The van der Waals surface area contributed by atoms with Crippen molar-refractivity contribution in [2.75, 3.05) is 18.0 Å². The molecule has 0 spiro atoms. The molecule has 0 bridgehead atoms. The molecule has 0 fully saturated rings. The van der Waals surface area contributed by atoms with E-state index in [9.17, 15) is 9.59 Å². The molecule has 1 N–H and O–H groups in total. The molecule has 4 nitrogen and oxygen atoms in total. The predicted octanol–water partition coefficient (Wildman–Crippen LogP) is 2.98. The van der Waals surface area contributed by atoms with Crippen LogP contribution in [0.2, 0.25) is 5.02 Å². The van der Waals surface area contributed by atoms with Gasteiger partial charge in [-0.3, -0.25) is 9.59 Å². The summed E-state index contributed by atoms with van der Waals surface area (Å²) in [4.78, 5) is 26.0. The van der Waals surface area contributed by atoms with Crippen LogP contribution in [0.4, 0.5) is 5.69 Å². The summed E-state index contributed by atoms with van der Waals surface area (Å²) >= 11 is 5.93. The van der Waals surface area contributed by atoms with Crippen molar-refractivity contribution < 1.29 is 9.59 Å². The number of hydrogen-bond acceptors (Lipinski definition) is 2. The second-order valence-corrected chi connectivity index (χ2v) is 6.27. The maximum Gasteiger partial charge on any atom is 0.236 e. The largest absolute Gasteiger partial charge is 0.355 e. The van der Waals surface area contributed by atoms with Gasteiger partial charge in [-0.05, 0) is 42.2 Å². The van der Waals surface area contributed by atoms with Crippen LogP contribution in [0.1, 0.15) is 17.5 Å². The topological polar surface area (TPSA) is 49.4 Å². The van der Waals surface area contributed by atoms with Gasteiger partial charge in [-0.15, -0.1) is 0 Å². The summed E-state index contributed by atoms with van der Waals surface area (Å²) in [5.74, 6) is -0.397. The minimum absolute atomic E-state index is 0.121. The van der Waals surface area contributed by atoms with Crippen molar-refractivity contribution in [3.8, 4) is 0 Å². The van der Waals surface area contributed by atoms with Gasteiger partial charge in [0.2, 0.25) is 11.8 Å². The van der Waals surface area contributed by atoms with Crippen molar-refractivity contribution >= 4 is 29.1 Å². The molecule has 24 heavy (non-hydrogen) atoms. The van der Waals surface area contributed by atoms with Crippen molar-refractivity contribution in [2.45, 2.75) is 19.3 Å². The SMILES string of the molecule is O=C(CC(=O)N1CCc2ccccc21)NCCc1cccc(Cl)c1. The third kappa shape index (κ3) is 3.95. The van der Waals surface area contributed by atoms with Crippen LogP contribution in [-0.4, -0.2) is 24.9 Å². The van der Waals surface area contributed by atoms with E-state index in [-0.39, 0.29) is 18.2 Å². The molecular formula is C19H19ClN2O2. The predicted molar refractivity (Wildman–Crippen MR) is 95.3 cm³/mol. The van der Waals surface area contributed by atoms with Crippen LogP contribution in [0.3, 0.4) is 0 Å². The number of amides is 2. The van der Waals surface area contributed by atoms with Gasteiger partial charge in [0.25, 0.3) is 0 Å². The number of halogens is 1. The van der Waals surface area contributed by atoms with E-state index >= 15 is 0 Å². The molecule has 0 atom stereocenters. The van der Waals surface area contributed by atoms with E-state index < -0.39 is 0 Å². The van der Waals surface area contributed by atoms with Crippen LogP contribution >= 0.6 is 11.6 Å². The Kier molecular flexibility index (Phi) is 5.16. The highest BCUT2D eigenvalue weighted by atomic mass is 35.5. The Morgan fingerprint density at radius 1 is 1.12 bits per heavy atom. The molecule has 0 aromatic heterocycles. The highest BCUT2D eigenvalue weighted by Gasteiger charge is 2.25. The molecule has 5 heteroatoms. The van der Waals surface area contributed by atoms with Gasteiger partial charge in [-0.1, -0.05) is 41.9 Å². The number of nitrogens with one attached hydrogen (secondary N) is 1. The van der Waals surface area contributed by atoms with Gasteiger partial charge in [0, 0.05) is 23.8 Å².